The summed E-state index contributed by atoms with van der Waals surface area (Å²) >= 11 is 5.73. The van der Waals surface area contributed by atoms with Crippen molar-refractivity contribution in [3.63, 3.8) is 0 Å². The highest BCUT2D eigenvalue weighted by atomic mass is 35.5. The van der Waals surface area contributed by atoms with Gasteiger partial charge >= 0.3 is 0 Å². The van der Waals surface area contributed by atoms with Crippen molar-refractivity contribution in [1.82, 2.24) is 0 Å². The van der Waals surface area contributed by atoms with Crippen LogP contribution in [-0.2, 0) is 0 Å². The Morgan fingerprint density at radius 3 is 1.86 bits per heavy atom. The molecule has 0 aromatic heterocycles. The number of rotatable bonds is 0. The lowest BCUT2D eigenvalue weighted by molar-refractivity contribution is 0.576. The highest BCUT2D eigenvalue weighted by Gasteiger charge is 2.20. The van der Waals surface area contributed by atoms with Crippen LogP contribution in [0.15, 0.2) is 0 Å². The minimum atomic E-state index is 1.17. The van der Waals surface area contributed by atoms with Crippen molar-refractivity contribution >= 4 is 11.6 Å². The van der Waals surface area contributed by atoms with Gasteiger partial charge in [0, 0.05) is 0 Å². The van der Waals surface area contributed by atoms with E-state index in [2.05, 4.69) is 0 Å². The van der Waals surface area contributed by atoms with Gasteiger partial charge in [-0.25, -0.2) is 0 Å². The third-order valence-electron chi connectivity index (χ3n) is 1.40. The molecule has 0 atom stereocenters. The Labute approximate surface area is 49.9 Å². The van der Waals surface area contributed by atoms with E-state index in [0.717, 1.165) is 0 Å². The summed E-state index contributed by atoms with van der Waals surface area (Å²) in [6, 6.07) is 0. The molecule has 0 saturated heterocycles. The highest BCUT2D eigenvalue weighted by Crippen LogP contribution is 2.27. The molecule has 0 nitrogen and oxygen atoms in total. The van der Waals surface area contributed by atoms with Crippen LogP contribution in [-0.4, -0.2) is 0 Å². The van der Waals surface area contributed by atoms with Crippen molar-refractivity contribution in [1.29, 1.82) is 0 Å². The molecule has 1 rings (SSSR count). The van der Waals surface area contributed by atoms with Gasteiger partial charge in [-0.15, -0.1) is 0 Å². The molecule has 0 heterocycles. The van der Waals surface area contributed by atoms with Crippen LogP contribution in [0.5, 0.6) is 0 Å². The Morgan fingerprint density at radius 2 is 1.57 bits per heavy atom. The molecule has 0 amide bonds. The van der Waals surface area contributed by atoms with E-state index in [0.29, 0.717) is 0 Å². The quantitative estimate of drug-likeness (QED) is 0.428. The smallest absolute Gasteiger partial charge is 0.0451 e. The van der Waals surface area contributed by atoms with Crippen LogP contribution in [0.2, 0.25) is 0 Å². The fourth-order valence-corrected chi connectivity index (χ4v) is 1.20. The lowest BCUT2D eigenvalue weighted by Gasteiger charge is -2.02. The average Bonchev–Trinajstić information content (AvgIpc) is 1.69. The van der Waals surface area contributed by atoms with Crippen LogP contribution < -0.4 is 0 Å². The largest absolute Gasteiger partial charge is 0.199 e. The van der Waals surface area contributed by atoms with E-state index in [1.165, 1.54) is 37.5 Å². The van der Waals surface area contributed by atoms with Crippen LogP contribution in [0.3, 0.4) is 0 Å². The standard InChI is InChI=1S/C6H10Cl/c7-6-4-2-1-3-5-6/h1-5H2/q+1. The molecule has 0 N–H and O–H groups in total. The summed E-state index contributed by atoms with van der Waals surface area (Å²) in [7, 11) is 0. The molecule has 1 aliphatic carbocycles. The minimum Gasteiger partial charge on any atom is -0.0451 e. The van der Waals surface area contributed by atoms with Crippen molar-refractivity contribution in [3.8, 4) is 0 Å². The van der Waals surface area contributed by atoms with Crippen LogP contribution in [0.1, 0.15) is 32.1 Å². The molecule has 0 aliphatic heterocycles. The Kier molecular flexibility index (Phi) is 1.86. The van der Waals surface area contributed by atoms with E-state index < -0.39 is 0 Å². The molecule has 0 aromatic rings. The molecule has 1 heteroatoms. The van der Waals surface area contributed by atoms with Crippen LogP contribution in [0.25, 0.3) is 0 Å². The average molecular weight is 118 g/mol. The second-order valence-corrected chi connectivity index (χ2v) is 2.61. The lowest BCUT2D eigenvalue weighted by Crippen LogP contribution is -1.95. The molecular weight excluding hydrogens is 108 g/mol. The first kappa shape index (κ1) is 5.30. The third kappa shape index (κ3) is 1.60. The summed E-state index contributed by atoms with van der Waals surface area (Å²) in [5.41, 5.74) is 0. The van der Waals surface area contributed by atoms with Crippen LogP contribution >= 0.6 is 11.6 Å². The molecule has 1 aliphatic rings. The first-order valence-electron chi connectivity index (χ1n) is 2.90. The number of hydrogen-bond acceptors (Lipinski definition) is 0. The van der Waals surface area contributed by atoms with Crippen molar-refractivity contribution in [2.75, 3.05) is 0 Å². The zero-order chi connectivity index (χ0) is 5.11. The van der Waals surface area contributed by atoms with Crippen molar-refractivity contribution in [2.24, 2.45) is 0 Å². The fourth-order valence-electron chi connectivity index (χ4n) is 0.935. The van der Waals surface area contributed by atoms with E-state index in [1.807, 2.05) is 0 Å². The Hall–Kier alpha value is 0.160. The van der Waals surface area contributed by atoms with Gasteiger partial charge in [-0.05, 0) is 19.3 Å². The molecule has 40 valence electrons. The zero-order valence-electron chi connectivity index (χ0n) is 4.41. The van der Waals surface area contributed by atoms with Gasteiger partial charge in [0.25, 0.3) is 0 Å². The molecule has 0 spiro atoms. The third-order valence-corrected chi connectivity index (χ3v) is 1.77. The molecule has 7 heavy (non-hydrogen) atoms. The van der Waals surface area contributed by atoms with Gasteiger partial charge in [0.2, 0.25) is 0 Å². The van der Waals surface area contributed by atoms with Gasteiger partial charge < -0.3 is 0 Å². The monoisotopic (exact) mass is 117 g/mol. The first-order chi connectivity index (χ1) is 3.39. The van der Waals surface area contributed by atoms with E-state index in [4.69, 9.17) is 11.6 Å². The number of halogens is 1. The second-order valence-electron chi connectivity index (χ2n) is 2.08. The van der Waals surface area contributed by atoms with Gasteiger partial charge in [0.05, 0.1) is 0 Å². The Balaban J connectivity index is 2.12. The van der Waals surface area contributed by atoms with Crippen molar-refractivity contribution < 1.29 is 0 Å². The summed E-state index contributed by atoms with van der Waals surface area (Å²) in [5.74, 6) is 0. The van der Waals surface area contributed by atoms with E-state index in [-0.39, 0.29) is 0 Å². The summed E-state index contributed by atoms with van der Waals surface area (Å²) in [6.45, 7) is 0. The van der Waals surface area contributed by atoms with Gasteiger partial charge in [0.15, 0.2) is 5.38 Å². The van der Waals surface area contributed by atoms with Gasteiger partial charge in [-0.1, -0.05) is 0 Å². The maximum absolute atomic E-state index is 5.73. The Morgan fingerprint density at radius 1 is 1.00 bits per heavy atom. The molecule has 0 aromatic carbocycles. The predicted octanol–water partition coefficient (Wildman–Crippen LogP) is 2.72. The predicted molar refractivity (Wildman–Crippen MR) is 32.2 cm³/mol. The van der Waals surface area contributed by atoms with Crippen LogP contribution in [0, 0.1) is 5.38 Å². The maximum Gasteiger partial charge on any atom is 0.199 e. The molecule has 0 bridgehead atoms. The summed E-state index contributed by atoms with van der Waals surface area (Å²) in [4.78, 5) is 0. The summed E-state index contributed by atoms with van der Waals surface area (Å²) < 4.78 is 0. The molecule has 1 saturated carbocycles. The van der Waals surface area contributed by atoms with Crippen molar-refractivity contribution in [2.45, 2.75) is 32.1 Å². The van der Waals surface area contributed by atoms with Crippen molar-refractivity contribution in [3.05, 3.63) is 5.38 Å². The maximum atomic E-state index is 5.73. The van der Waals surface area contributed by atoms with Gasteiger partial charge in [-0.3, -0.25) is 0 Å². The van der Waals surface area contributed by atoms with Crippen LogP contribution in [0.4, 0.5) is 0 Å². The topological polar surface area (TPSA) is 0 Å². The first-order valence-corrected chi connectivity index (χ1v) is 3.27. The molecule has 1 fully saturated rings. The second kappa shape index (κ2) is 2.46. The molecule has 0 unspecified atom stereocenters. The molecule has 0 radical (unpaired) electrons. The highest BCUT2D eigenvalue weighted by molar-refractivity contribution is 6.26. The minimum absolute atomic E-state index is 1.17. The SMILES string of the molecule is Cl[C+]1CCCCC1. The van der Waals surface area contributed by atoms with E-state index in [9.17, 15) is 0 Å². The normalized spacial score (nSPS) is 22.7. The lowest BCUT2D eigenvalue weighted by atomic mass is 10.0. The molecular formula is C6H10Cl+. The number of hydrogen-bond donors (Lipinski definition) is 0. The fraction of sp³-hybridized carbons (Fsp3) is 0.833. The van der Waals surface area contributed by atoms with E-state index in [1.54, 1.807) is 0 Å². The van der Waals surface area contributed by atoms with Gasteiger partial charge in [-0.2, -0.15) is 0 Å². The summed E-state index contributed by atoms with van der Waals surface area (Å²) in [6.07, 6.45) is 6.36. The van der Waals surface area contributed by atoms with Gasteiger partial charge in [0.1, 0.15) is 24.4 Å². The Bertz CT molecular complexity index is 46.1. The zero-order valence-corrected chi connectivity index (χ0v) is 5.17. The van der Waals surface area contributed by atoms with E-state index >= 15 is 0 Å². The summed E-state index contributed by atoms with van der Waals surface area (Å²) in [5, 5.41) is 1.19.